The molecule has 1 aromatic rings. The van der Waals surface area contributed by atoms with Gasteiger partial charge >= 0.3 is 0 Å². The molecule has 3 aliphatic rings. The second-order valence-electron chi connectivity index (χ2n) is 13.1. The molecule has 0 saturated carbocycles. The van der Waals surface area contributed by atoms with Gasteiger partial charge in [-0.05, 0) is 94.9 Å². The van der Waals surface area contributed by atoms with Crippen molar-refractivity contribution >= 4 is 35.4 Å². The number of carbonyl (C=O) groups excluding carboxylic acids is 6. The Hall–Kier alpha value is -3.96. The molecular formula is C36H58N6O6. The monoisotopic (exact) mass is 670 g/mol. The van der Waals surface area contributed by atoms with Crippen LogP contribution in [0.2, 0.25) is 0 Å². The van der Waals surface area contributed by atoms with Crippen molar-refractivity contribution in [2.75, 3.05) is 39.3 Å². The zero-order valence-corrected chi connectivity index (χ0v) is 29.0. The molecule has 0 aromatic heterocycles. The van der Waals surface area contributed by atoms with Crippen LogP contribution in [-0.2, 0) is 19.2 Å². The van der Waals surface area contributed by atoms with Gasteiger partial charge in [0.1, 0.15) is 0 Å². The van der Waals surface area contributed by atoms with Crippen LogP contribution in [0.3, 0.4) is 0 Å². The van der Waals surface area contributed by atoms with Crippen LogP contribution in [0.5, 0.6) is 0 Å². The second-order valence-corrected chi connectivity index (χ2v) is 13.1. The van der Waals surface area contributed by atoms with Crippen LogP contribution in [0.4, 0.5) is 0 Å². The lowest BCUT2D eigenvalue weighted by Gasteiger charge is -2.29. The average molecular weight is 671 g/mol. The van der Waals surface area contributed by atoms with Crippen LogP contribution < -0.4 is 17.2 Å². The number of amides is 6. The summed E-state index contributed by atoms with van der Waals surface area (Å²) in [5, 5.41) is 0. The van der Waals surface area contributed by atoms with Crippen molar-refractivity contribution in [2.45, 2.75) is 110 Å². The maximum atomic E-state index is 12.0. The van der Waals surface area contributed by atoms with Crippen LogP contribution in [0.1, 0.15) is 130 Å². The Bertz CT molecular complexity index is 1170. The van der Waals surface area contributed by atoms with E-state index in [0.717, 1.165) is 103 Å². The number of hydrogen-bond acceptors (Lipinski definition) is 6. The van der Waals surface area contributed by atoms with E-state index in [0.29, 0.717) is 30.4 Å². The van der Waals surface area contributed by atoms with Crippen molar-refractivity contribution in [3.05, 3.63) is 35.4 Å². The predicted octanol–water partition coefficient (Wildman–Crippen LogP) is 3.75. The highest BCUT2D eigenvalue weighted by atomic mass is 16.2. The first-order valence-corrected chi connectivity index (χ1v) is 17.8. The van der Waals surface area contributed by atoms with Gasteiger partial charge in [-0.15, -0.1) is 0 Å². The standard InChI is InChI=1S/C12H14N2O2.2C12H22N2O2/c13-11(15)9-3-5-10(6-4-9)12(16)14-7-1-2-8-14;1-10(6-5-7-11(13)15)12(16)14-8-3-2-4-9-14;13-11(15)7-3-4-8-12(16)14-9-5-1-2-6-10-14/h3-6H,1-2,7-8H2,(H2,13,15);10H,2-9H2,1H3,(H2,13,15);1-10H2,(H2,13,15). The summed E-state index contributed by atoms with van der Waals surface area (Å²) in [5.74, 6) is -0.485. The van der Waals surface area contributed by atoms with Gasteiger partial charge in [-0.25, -0.2) is 0 Å². The van der Waals surface area contributed by atoms with E-state index in [-0.39, 0.29) is 35.5 Å². The smallest absolute Gasteiger partial charge is 0.253 e. The third-order valence-corrected chi connectivity index (χ3v) is 8.98. The summed E-state index contributed by atoms with van der Waals surface area (Å²) in [7, 11) is 0. The molecule has 12 heteroatoms. The lowest BCUT2D eigenvalue weighted by atomic mass is 10.0. The summed E-state index contributed by atoms with van der Waals surface area (Å²) < 4.78 is 0. The van der Waals surface area contributed by atoms with Crippen molar-refractivity contribution < 1.29 is 28.8 Å². The van der Waals surface area contributed by atoms with Crippen molar-refractivity contribution in [1.82, 2.24) is 14.7 Å². The summed E-state index contributed by atoms with van der Waals surface area (Å²) in [5.41, 5.74) is 16.3. The van der Waals surface area contributed by atoms with E-state index in [1.165, 1.54) is 19.3 Å². The lowest BCUT2D eigenvalue weighted by Crippen LogP contribution is -2.38. The quantitative estimate of drug-likeness (QED) is 0.284. The molecule has 48 heavy (non-hydrogen) atoms. The first kappa shape index (κ1) is 40.2. The molecule has 3 fully saturated rings. The lowest BCUT2D eigenvalue weighted by molar-refractivity contribution is -0.136. The van der Waals surface area contributed by atoms with Gasteiger partial charge in [0, 0.05) is 75.6 Å². The molecule has 6 amide bonds. The van der Waals surface area contributed by atoms with E-state index in [1.54, 1.807) is 24.3 Å². The van der Waals surface area contributed by atoms with E-state index >= 15 is 0 Å². The molecule has 0 spiro atoms. The minimum atomic E-state index is -0.472. The summed E-state index contributed by atoms with van der Waals surface area (Å²) in [6.07, 6.45) is 14.7. The SMILES string of the molecule is CC(CCCC(N)=O)C(=O)N1CCCCC1.NC(=O)CCCCC(=O)N1CCCCCC1.NC(=O)c1ccc(C(=O)N2CCCC2)cc1. The first-order chi connectivity index (χ1) is 23.0. The van der Waals surface area contributed by atoms with Crippen molar-refractivity contribution in [3.63, 3.8) is 0 Å². The number of rotatable bonds is 12. The van der Waals surface area contributed by atoms with Gasteiger partial charge in [-0.2, -0.15) is 0 Å². The van der Waals surface area contributed by atoms with E-state index in [4.69, 9.17) is 17.2 Å². The highest BCUT2D eigenvalue weighted by molar-refractivity contribution is 5.97. The number of benzene rings is 1. The van der Waals surface area contributed by atoms with Gasteiger partial charge in [-0.3, -0.25) is 28.8 Å². The first-order valence-electron chi connectivity index (χ1n) is 17.8. The Morgan fingerprint density at radius 3 is 1.50 bits per heavy atom. The van der Waals surface area contributed by atoms with Crippen LogP contribution in [-0.4, -0.2) is 89.4 Å². The number of likely N-dealkylation sites (tertiary alicyclic amines) is 3. The number of nitrogens with two attached hydrogens (primary N) is 3. The summed E-state index contributed by atoms with van der Waals surface area (Å²) >= 11 is 0. The van der Waals surface area contributed by atoms with E-state index in [2.05, 4.69) is 0 Å². The molecule has 0 aliphatic carbocycles. The largest absolute Gasteiger partial charge is 0.370 e. The minimum absolute atomic E-state index is 0.0254. The van der Waals surface area contributed by atoms with Gasteiger partial charge in [0.25, 0.3) is 5.91 Å². The fourth-order valence-corrected chi connectivity index (χ4v) is 6.07. The molecule has 1 atom stereocenters. The van der Waals surface area contributed by atoms with E-state index < -0.39 is 5.91 Å². The minimum Gasteiger partial charge on any atom is -0.370 e. The summed E-state index contributed by atoms with van der Waals surface area (Å²) in [4.78, 5) is 73.4. The highest BCUT2D eigenvalue weighted by Gasteiger charge is 2.22. The molecule has 3 heterocycles. The maximum Gasteiger partial charge on any atom is 0.253 e. The Morgan fingerprint density at radius 2 is 0.979 bits per heavy atom. The van der Waals surface area contributed by atoms with E-state index in [1.807, 2.05) is 21.6 Å². The molecule has 268 valence electrons. The van der Waals surface area contributed by atoms with Crippen molar-refractivity contribution in [2.24, 2.45) is 23.1 Å². The number of hydrogen-bond donors (Lipinski definition) is 3. The molecule has 3 aliphatic heterocycles. The Balaban J connectivity index is 0.000000250. The highest BCUT2D eigenvalue weighted by Crippen LogP contribution is 2.17. The zero-order chi connectivity index (χ0) is 35.3. The second kappa shape index (κ2) is 22.6. The average Bonchev–Trinajstić information content (AvgIpc) is 3.49. The third-order valence-electron chi connectivity index (χ3n) is 8.98. The number of nitrogens with zero attached hydrogens (tertiary/aromatic N) is 3. The molecular weight excluding hydrogens is 612 g/mol. The zero-order valence-electron chi connectivity index (χ0n) is 29.0. The van der Waals surface area contributed by atoms with Gasteiger partial charge in [-0.1, -0.05) is 19.8 Å². The molecule has 1 aromatic carbocycles. The van der Waals surface area contributed by atoms with Crippen LogP contribution in [0, 0.1) is 5.92 Å². The van der Waals surface area contributed by atoms with Crippen LogP contribution >= 0.6 is 0 Å². The van der Waals surface area contributed by atoms with Crippen LogP contribution in [0.15, 0.2) is 24.3 Å². The predicted molar refractivity (Wildman–Crippen MR) is 185 cm³/mol. The Labute approximate surface area is 286 Å². The number of carbonyl (C=O) groups is 6. The summed E-state index contributed by atoms with van der Waals surface area (Å²) in [6, 6.07) is 6.48. The Kier molecular flexibility index (Phi) is 18.9. The maximum absolute atomic E-state index is 12.0. The van der Waals surface area contributed by atoms with Gasteiger partial charge in [0.15, 0.2) is 0 Å². The fourth-order valence-electron chi connectivity index (χ4n) is 6.07. The molecule has 1 unspecified atom stereocenters. The van der Waals surface area contributed by atoms with Gasteiger partial charge in [0.05, 0.1) is 0 Å². The number of unbranched alkanes of at least 4 members (excludes halogenated alkanes) is 1. The summed E-state index contributed by atoms with van der Waals surface area (Å²) in [6.45, 7) is 7.23. The molecule has 6 N–H and O–H groups in total. The third kappa shape index (κ3) is 15.8. The van der Waals surface area contributed by atoms with Crippen molar-refractivity contribution in [1.29, 1.82) is 0 Å². The van der Waals surface area contributed by atoms with Crippen LogP contribution in [0.25, 0.3) is 0 Å². The van der Waals surface area contributed by atoms with Gasteiger partial charge in [0.2, 0.25) is 29.5 Å². The Morgan fingerprint density at radius 1 is 0.562 bits per heavy atom. The number of piperidine rings is 1. The molecule has 0 bridgehead atoms. The molecule has 4 rings (SSSR count). The topological polar surface area (TPSA) is 190 Å². The normalized spacial score (nSPS) is 16.7. The number of primary amides is 3. The fraction of sp³-hybridized carbons (Fsp3) is 0.667. The molecule has 3 saturated heterocycles. The van der Waals surface area contributed by atoms with Gasteiger partial charge < -0.3 is 31.9 Å². The van der Waals surface area contributed by atoms with Crippen molar-refractivity contribution in [3.8, 4) is 0 Å². The van der Waals surface area contributed by atoms with E-state index in [9.17, 15) is 28.8 Å². The molecule has 0 radical (unpaired) electrons. The molecule has 12 nitrogen and oxygen atoms in total.